The highest BCUT2D eigenvalue weighted by Crippen LogP contribution is 2.43. The second-order valence-corrected chi connectivity index (χ2v) is 17.6. The van der Waals surface area contributed by atoms with Gasteiger partial charge in [-0.25, -0.2) is 15.1 Å². The van der Waals surface area contributed by atoms with Crippen molar-refractivity contribution in [3.63, 3.8) is 0 Å². The first kappa shape index (κ1) is 22.7. The van der Waals surface area contributed by atoms with Gasteiger partial charge in [0.05, 0.1) is 5.39 Å². The van der Waals surface area contributed by atoms with Crippen molar-refractivity contribution < 1.29 is 13.2 Å². The van der Waals surface area contributed by atoms with E-state index in [4.69, 9.17) is 9.88 Å². The van der Waals surface area contributed by atoms with Crippen molar-refractivity contribution >= 4 is 35.1 Å². The van der Waals surface area contributed by atoms with E-state index in [1.54, 1.807) is 6.33 Å². The Morgan fingerprint density at radius 1 is 1.29 bits per heavy atom. The molecule has 0 aliphatic carbocycles. The van der Waals surface area contributed by atoms with Crippen LogP contribution in [0.4, 0.5) is 5.82 Å². The Balaban J connectivity index is 1.50. The molecule has 0 saturated carbocycles. The van der Waals surface area contributed by atoms with E-state index in [0.29, 0.717) is 25.7 Å². The second-order valence-electron chi connectivity index (χ2n) is 10.5. The Bertz CT molecular complexity index is 1050. The third kappa shape index (κ3) is 4.80. The maximum Gasteiger partial charge on any atom is 0.276 e. The lowest BCUT2D eigenvalue weighted by molar-refractivity contribution is 0.0899. The van der Waals surface area contributed by atoms with Crippen molar-refractivity contribution in [1.29, 1.82) is 0 Å². The minimum atomic E-state index is -3.66. The van der Waals surface area contributed by atoms with Crippen LogP contribution in [-0.2, 0) is 21.7 Å². The van der Waals surface area contributed by atoms with Gasteiger partial charge < -0.3 is 14.2 Å². The molecule has 0 bridgehead atoms. The van der Waals surface area contributed by atoms with Gasteiger partial charge in [0.25, 0.3) is 10.2 Å². The first-order valence-electron chi connectivity index (χ1n) is 10.9. The number of fused-ring (bicyclic) bond motifs is 2. The number of hydrogen-bond donors (Lipinski definition) is 1. The van der Waals surface area contributed by atoms with Crippen molar-refractivity contribution in [2.45, 2.75) is 45.8 Å². The van der Waals surface area contributed by atoms with Crippen LogP contribution >= 0.6 is 0 Å². The molecule has 9 nitrogen and oxygen atoms in total. The minimum Gasteiger partial charge on any atom is -0.361 e. The molecule has 0 unspecified atom stereocenters. The highest BCUT2D eigenvalue weighted by atomic mass is 32.2. The molecular weight excluding hydrogens is 432 g/mol. The summed E-state index contributed by atoms with van der Waals surface area (Å²) in [6.45, 7) is 13.0. The summed E-state index contributed by atoms with van der Waals surface area (Å²) in [7, 11) is -4.77. The lowest BCUT2D eigenvalue weighted by atomic mass is 9.75. The molecule has 2 aliphatic rings. The normalized spacial score (nSPS) is 25.3. The molecule has 2 fully saturated rings. The van der Waals surface area contributed by atoms with Gasteiger partial charge in [-0.3, -0.25) is 0 Å². The lowest BCUT2D eigenvalue weighted by Gasteiger charge is -2.42. The number of nitrogens with two attached hydrogens (primary N) is 1. The molecule has 11 heteroatoms. The molecule has 2 saturated heterocycles. The van der Waals surface area contributed by atoms with Crippen LogP contribution < -0.4 is 10.0 Å². The van der Waals surface area contributed by atoms with Crippen LogP contribution in [0, 0.1) is 11.3 Å². The van der Waals surface area contributed by atoms with Crippen LogP contribution in [0.25, 0.3) is 11.0 Å². The van der Waals surface area contributed by atoms with Crippen LogP contribution in [0.3, 0.4) is 0 Å². The average molecular weight is 467 g/mol. The summed E-state index contributed by atoms with van der Waals surface area (Å²) >= 11 is 0. The summed E-state index contributed by atoms with van der Waals surface area (Å²) in [5.41, 5.74) is 0.715. The highest BCUT2D eigenvalue weighted by molar-refractivity contribution is 7.86. The van der Waals surface area contributed by atoms with Crippen LogP contribution in [0.1, 0.15) is 13.3 Å². The monoisotopic (exact) mass is 466 g/mol. The summed E-state index contributed by atoms with van der Waals surface area (Å²) in [4.78, 5) is 11.4. The van der Waals surface area contributed by atoms with Crippen LogP contribution in [-0.4, -0.2) is 68.1 Å². The van der Waals surface area contributed by atoms with Gasteiger partial charge in [-0.2, -0.15) is 12.7 Å². The van der Waals surface area contributed by atoms with E-state index in [1.807, 2.05) is 16.8 Å². The van der Waals surface area contributed by atoms with E-state index in [2.05, 4.69) is 41.4 Å². The lowest BCUT2D eigenvalue weighted by Crippen LogP contribution is -2.47. The van der Waals surface area contributed by atoms with E-state index >= 15 is 0 Å². The highest BCUT2D eigenvalue weighted by Gasteiger charge is 2.49. The zero-order chi connectivity index (χ0) is 22.4. The van der Waals surface area contributed by atoms with Gasteiger partial charge in [-0.1, -0.05) is 26.6 Å². The molecule has 2 atom stereocenters. The number of aromatic nitrogens is 3. The summed E-state index contributed by atoms with van der Waals surface area (Å²) < 4.78 is 33.1. The second kappa shape index (κ2) is 8.11. The van der Waals surface area contributed by atoms with Crippen molar-refractivity contribution in [2.24, 2.45) is 16.5 Å². The summed E-state index contributed by atoms with van der Waals surface area (Å²) in [6.07, 6.45) is 4.52. The van der Waals surface area contributed by atoms with Crippen molar-refractivity contribution in [2.75, 3.05) is 37.7 Å². The number of rotatable bonds is 7. The van der Waals surface area contributed by atoms with Gasteiger partial charge >= 0.3 is 0 Å². The fourth-order valence-electron chi connectivity index (χ4n) is 4.77. The van der Waals surface area contributed by atoms with E-state index in [1.165, 1.54) is 4.31 Å². The first-order chi connectivity index (χ1) is 14.5. The van der Waals surface area contributed by atoms with Crippen LogP contribution in [0.15, 0.2) is 18.6 Å². The predicted molar refractivity (Wildman–Crippen MR) is 125 cm³/mol. The number of anilines is 1. The molecule has 31 heavy (non-hydrogen) atoms. The maximum atomic E-state index is 11.9. The smallest absolute Gasteiger partial charge is 0.276 e. The van der Waals surface area contributed by atoms with Crippen LogP contribution in [0.5, 0.6) is 0 Å². The van der Waals surface area contributed by atoms with Crippen molar-refractivity contribution in [3.8, 4) is 0 Å². The molecule has 0 amide bonds. The number of nitrogens with zero attached hydrogens (tertiary/aromatic N) is 5. The van der Waals surface area contributed by atoms with Gasteiger partial charge in [0, 0.05) is 52.5 Å². The van der Waals surface area contributed by atoms with Crippen molar-refractivity contribution in [3.05, 3.63) is 18.6 Å². The number of ether oxygens (including phenoxy) is 1. The van der Waals surface area contributed by atoms with E-state index in [-0.39, 0.29) is 5.41 Å². The largest absolute Gasteiger partial charge is 0.361 e. The SMILES string of the molecule is C[C@@]12CN(c3ncnc4c3ccn4COCC[Si](C)(C)C)CC[C@@H]1CN(S(N)(=O)=O)C2. The maximum absolute atomic E-state index is 11.9. The molecule has 4 heterocycles. The first-order valence-corrected chi connectivity index (χ1v) is 16.1. The Hall–Kier alpha value is -1.53. The molecule has 2 aromatic heterocycles. The van der Waals surface area contributed by atoms with Gasteiger partial charge in [0.15, 0.2) is 0 Å². The molecule has 0 spiro atoms. The Kier molecular flexibility index (Phi) is 5.92. The van der Waals surface area contributed by atoms with Gasteiger partial charge in [0.2, 0.25) is 0 Å². The fraction of sp³-hybridized carbons (Fsp3) is 0.700. The minimum absolute atomic E-state index is 0.148. The standard InChI is InChI=1S/C20H34N6O3SSi/c1-20-12-24(7-5-16(20)11-26(13-20)30(21,27)28)18-17-6-8-25(19(17)23-14-22-18)15-29-9-10-31(2,3)4/h6,8,14,16H,5,7,9-13,15H2,1-4H3,(H2,21,27,28)/t16-,20+/m1/s1. The van der Waals surface area contributed by atoms with Crippen LogP contribution in [0.2, 0.25) is 25.7 Å². The molecule has 0 aromatic carbocycles. The average Bonchev–Trinajstić information content (AvgIpc) is 3.24. The molecule has 2 N–H and O–H groups in total. The van der Waals surface area contributed by atoms with E-state index in [0.717, 1.165) is 49.0 Å². The molecule has 2 aliphatic heterocycles. The molecule has 172 valence electrons. The van der Waals surface area contributed by atoms with Crippen molar-refractivity contribution in [1.82, 2.24) is 18.8 Å². The zero-order valence-corrected chi connectivity index (χ0v) is 20.7. The Morgan fingerprint density at radius 3 is 2.77 bits per heavy atom. The predicted octanol–water partition coefficient (Wildman–Crippen LogP) is 2.10. The summed E-state index contributed by atoms with van der Waals surface area (Å²) in [6, 6.07) is 3.18. The Morgan fingerprint density at radius 2 is 2.06 bits per heavy atom. The molecule has 0 radical (unpaired) electrons. The number of piperidine rings is 1. The topological polar surface area (TPSA) is 107 Å². The third-order valence-electron chi connectivity index (χ3n) is 6.67. The fourth-order valence-corrected chi connectivity index (χ4v) is 6.39. The zero-order valence-electron chi connectivity index (χ0n) is 18.9. The summed E-state index contributed by atoms with van der Waals surface area (Å²) in [5, 5.41) is 6.40. The number of hydrogen-bond acceptors (Lipinski definition) is 6. The third-order valence-corrected chi connectivity index (χ3v) is 9.37. The Labute approximate surface area is 185 Å². The molecule has 2 aromatic rings. The molecular formula is C20H34N6O3SSi. The van der Waals surface area contributed by atoms with Gasteiger partial charge in [-0.15, -0.1) is 0 Å². The van der Waals surface area contributed by atoms with Gasteiger partial charge in [0.1, 0.15) is 24.5 Å². The molecule has 4 rings (SSSR count). The van der Waals surface area contributed by atoms with E-state index < -0.39 is 18.3 Å². The summed E-state index contributed by atoms with van der Waals surface area (Å²) in [5.74, 6) is 1.21. The van der Waals surface area contributed by atoms with E-state index in [9.17, 15) is 8.42 Å². The quantitative estimate of drug-likeness (QED) is 0.495. The van der Waals surface area contributed by atoms with Gasteiger partial charge in [-0.05, 0) is 24.4 Å².